The number of benzene rings is 3. The summed E-state index contributed by atoms with van der Waals surface area (Å²) < 4.78 is 41.5. The number of pyridine rings is 2. The van der Waals surface area contributed by atoms with E-state index in [1.54, 1.807) is 42.6 Å². The van der Waals surface area contributed by atoms with Crippen LogP contribution in [0.25, 0.3) is 33.7 Å². The maximum atomic E-state index is 14.8. The van der Waals surface area contributed by atoms with Crippen molar-refractivity contribution >= 4 is 32.7 Å². The maximum absolute atomic E-state index is 14.8. The average Bonchev–Trinajstić information content (AvgIpc) is 3.82. The summed E-state index contributed by atoms with van der Waals surface area (Å²) >= 11 is 0. The van der Waals surface area contributed by atoms with Gasteiger partial charge in [0.25, 0.3) is 10.0 Å². The molecule has 0 atom stereocenters. The number of carbonyl (C=O) groups is 1. The van der Waals surface area contributed by atoms with E-state index in [-0.39, 0.29) is 21.7 Å². The summed E-state index contributed by atoms with van der Waals surface area (Å²) in [6.07, 6.45) is 5.98. The number of nitrogens with zero attached hydrogens (tertiary/aromatic N) is 5. The summed E-state index contributed by atoms with van der Waals surface area (Å²) in [4.78, 5) is 28.9. The lowest BCUT2D eigenvalue weighted by Gasteiger charge is -2.26. The van der Waals surface area contributed by atoms with Crippen LogP contribution in [0.2, 0.25) is 0 Å². The van der Waals surface area contributed by atoms with Crippen LogP contribution in [-0.2, 0) is 27.8 Å². The van der Waals surface area contributed by atoms with Crippen molar-refractivity contribution in [1.82, 2.24) is 18.9 Å². The average molecular weight is 656 g/mol. The number of ether oxygens (including phenoxy) is 1. The normalized spacial score (nSPS) is 11.4. The SMILES string of the molecule is COC(=O)c1cnc(N(Cc2ccccc2)Cc2ccccc2)c2c1cc(-c1cc(-c3ncco3)ccn1)n2S(=O)(=O)c1ccccc1. The monoisotopic (exact) mass is 655 g/mol. The quantitative estimate of drug-likeness (QED) is 0.144. The highest BCUT2D eigenvalue weighted by atomic mass is 32.2. The third-order valence-electron chi connectivity index (χ3n) is 7.90. The molecule has 0 unspecified atom stereocenters. The first-order valence-electron chi connectivity index (χ1n) is 15.1. The lowest BCUT2D eigenvalue weighted by Crippen LogP contribution is -2.25. The molecule has 0 saturated carbocycles. The molecule has 3 aromatic carbocycles. The largest absolute Gasteiger partial charge is 0.465 e. The van der Waals surface area contributed by atoms with E-state index in [0.29, 0.717) is 41.4 Å². The predicted molar refractivity (Wildman–Crippen MR) is 182 cm³/mol. The first-order valence-corrected chi connectivity index (χ1v) is 16.5. The van der Waals surface area contributed by atoms with Gasteiger partial charge in [0, 0.05) is 36.4 Å². The third-order valence-corrected chi connectivity index (χ3v) is 9.62. The summed E-state index contributed by atoms with van der Waals surface area (Å²) in [5.74, 6) is 0.0562. The number of hydrogen-bond acceptors (Lipinski definition) is 9. The Hall–Kier alpha value is -6.07. The standard InChI is InChI=1S/C37H29N5O5S/c1-46-37(43)31-23-40-35(41(24-26-11-5-2-6-12-26)25-27-13-7-3-8-14-27)34-30(31)22-33(42(34)48(44,45)29-15-9-4-10-16-29)32-21-28(17-18-38-32)36-39-19-20-47-36/h2-23H,24-25H2,1H3. The fourth-order valence-corrected chi connectivity index (χ4v) is 7.22. The first-order chi connectivity index (χ1) is 23.4. The van der Waals surface area contributed by atoms with Gasteiger partial charge < -0.3 is 14.1 Å². The Balaban J connectivity index is 1.56. The first kappa shape index (κ1) is 30.6. The van der Waals surface area contributed by atoms with Crippen LogP contribution in [0.3, 0.4) is 0 Å². The summed E-state index contributed by atoms with van der Waals surface area (Å²) in [6.45, 7) is 0.804. The molecule has 0 aliphatic heterocycles. The predicted octanol–water partition coefficient (Wildman–Crippen LogP) is 6.98. The molecule has 7 rings (SSSR count). The molecule has 10 nitrogen and oxygen atoms in total. The second-order valence-electron chi connectivity index (χ2n) is 11.0. The van der Waals surface area contributed by atoms with Crippen molar-refractivity contribution in [3.63, 3.8) is 0 Å². The van der Waals surface area contributed by atoms with Crippen LogP contribution in [-0.4, -0.2) is 40.4 Å². The van der Waals surface area contributed by atoms with Gasteiger partial charge in [-0.1, -0.05) is 78.9 Å². The van der Waals surface area contributed by atoms with E-state index in [9.17, 15) is 13.2 Å². The van der Waals surface area contributed by atoms with Gasteiger partial charge in [-0.05, 0) is 41.5 Å². The number of carbonyl (C=O) groups excluding carboxylic acids is 1. The van der Waals surface area contributed by atoms with Crippen LogP contribution < -0.4 is 4.90 Å². The Morgan fingerprint density at radius 2 is 1.46 bits per heavy atom. The Morgan fingerprint density at radius 3 is 2.06 bits per heavy atom. The second kappa shape index (κ2) is 13.0. The molecule has 11 heteroatoms. The molecule has 0 saturated heterocycles. The summed E-state index contributed by atoms with van der Waals surface area (Å²) in [6, 6.07) is 32.9. The molecule has 4 heterocycles. The molecule has 0 amide bonds. The van der Waals surface area contributed by atoms with Gasteiger partial charge in [-0.15, -0.1) is 0 Å². The highest BCUT2D eigenvalue weighted by Gasteiger charge is 2.31. The fourth-order valence-electron chi connectivity index (χ4n) is 5.68. The Labute approximate surface area is 277 Å². The number of hydrogen-bond donors (Lipinski definition) is 0. The Kier molecular flexibility index (Phi) is 8.26. The number of esters is 1. The lowest BCUT2D eigenvalue weighted by molar-refractivity contribution is 0.0602. The van der Waals surface area contributed by atoms with Crippen molar-refractivity contribution in [3.05, 3.63) is 151 Å². The summed E-state index contributed by atoms with van der Waals surface area (Å²) in [5.41, 5.74) is 3.45. The van der Waals surface area contributed by atoms with Gasteiger partial charge in [0.05, 0.1) is 35.2 Å². The van der Waals surface area contributed by atoms with E-state index < -0.39 is 16.0 Å². The molecule has 0 fully saturated rings. The van der Waals surface area contributed by atoms with Crippen molar-refractivity contribution in [2.75, 3.05) is 12.0 Å². The number of aromatic nitrogens is 4. The number of fused-ring (bicyclic) bond motifs is 1. The van der Waals surface area contributed by atoms with E-state index in [1.165, 1.54) is 41.9 Å². The highest BCUT2D eigenvalue weighted by molar-refractivity contribution is 7.90. The zero-order valence-corrected chi connectivity index (χ0v) is 26.6. The zero-order valence-electron chi connectivity index (χ0n) is 25.8. The highest BCUT2D eigenvalue weighted by Crippen LogP contribution is 2.39. The van der Waals surface area contributed by atoms with Crippen molar-refractivity contribution in [2.24, 2.45) is 0 Å². The molecule has 4 aromatic heterocycles. The van der Waals surface area contributed by atoms with E-state index in [1.807, 2.05) is 65.6 Å². The minimum absolute atomic E-state index is 0.0553. The van der Waals surface area contributed by atoms with E-state index in [0.717, 1.165) is 11.1 Å². The van der Waals surface area contributed by atoms with Gasteiger partial charge in [-0.3, -0.25) is 4.98 Å². The van der Waals surface area contributed by atoms with Gasteiger partial charge in [0.1, 0.15) is 11.8 Å². The van der Waals surface area contributed by atoms with Crippen LogP contribution in [0.15, 0.2) is 143 Å². The molecular formula is C37H29N5O5S. The second-order valence-corrected chi connectivity index (χ2v) is 12.7. The van der Waals surface area contributed by atoms with Gasteiger partial charge in [0.15, 0.2) is 5.82 Å². The molecule has 0 aliphatic carbocycles. The van der Waals surface area contributed by atoms with Gasteiger partial charge in [-0.2, -0.15) is 0 Å². The van der Waals surface area contributed by atoms with E-state index in [4.69, 9.17) is 14.1 Å². The maximum Gasteiger partial charge on any atom is 0.340 e. The van der Waals surface area contributed by atoms with Gasteiger partial charge >= 0.3 is 5.97 Å². The molecule has 0 N–H and O–H groups in total. The van der Waals surface area contributed by atoms with Gasteiger partial charge in [-0.25, -0.2) is 27.2 Å². The van der Waals surface area contributed by atoms with Crippen LogP contribution in [0.4, 0.5) is 5.82 Å². The Bertz CT molecular complexity index is 2270. The molecule has 0 aliphatic rings. The molecule has 238 valence electrons. The zero-order chi connectivity index (χ0) is 33.1. The smallest absolute Gasteiger partial charge is 0.340 e. The van der Waals surface area contributed by atoms with Gasteiger partial charge in [0.2, 0.25) is 5.89 Å². The lowest BCUT2D eigenvalue weighted by atomic mass is 10.1. The van der Waals surface area contributed by atoms with E-state index >= 15 is 0 Å². The van der Waals surface area contributed by atoms with Crippen molar-refractivity contribution < 1.29 is 22.4 Å². The minimum Gasteiger partial charge on any atom is -0.465 e. The number of methoxy groups -OCH3 is 1. The summed E-state index contributed by atoms with van der Waals surface area (Å²) in [5, 5.41) is 0.343. The number of anilines is 1. The molecule has 0 spiro atoms. The van der Waals surface area contributed by atoms with Crippen molar-refractivity contribution in [1.29, 1.82) is 0 Å². The van der Waals surface area contributed by atoms with Crippen molar-refractivity contribution in [2.45, 2.75) is 18.0 Å². The Morgan fingerprint density at radius 1 is 0.812 bits per heavy atom. The van der Waals surface area contributed by atoms with Crippen molar-refractivity contribution in [3.8, 4) is 22.8 Å². The molecule has 0 radical (unpaired) electrons. The minimum atomic E-state index is -4.30. The van der Waals surface area contributed by atoms with Crippen LogP contribution in [0, 0.1) is 0 Å². The number of oxazole rings is 1. The molecule has 0 bridgehead atoms. The van der Waals surface area contributed by atoms with E-state index in [2.05, 4.69) is 9.97 Å². The number of rotatable bonds is 10. The summed E-state index contributed by atoms with van der Waals surface area (Å²) in [7, 11) is -3.02. The van der Waals surface area contributed by atoms with Crippen LogP contribution in [0.5, 0.6) is 0 Å². The molecular weight excluding hydrogens is 627 g/mol. The molecule has 7 aromatic rings. The van der Waals surface area contributed by atoms with Crippen LogP contribution >= 0.6 is 0 Å². The topological polar surface area (TPSA) is 120 Å². The third kappa shape index (κ3) is 5.82. The fraction of sp³-hybridized carbons (Fsp3) is 0.0811. The molecule has 48 heavy (non-hydrogen) atoms. The van der Waals surface area contributed by atoms with Crippen LogP contribution in [0.1, 0.15) is 21.5 Å².